The van der Waals surface area contributed by atoms with Crippen LogP contribution in [0, 0.1) is 5.92 Å². The second-order valence-electron chi connectivity index (χ2n) is 5.13. The number of dihydropyridines is 1. The van der Waals surface area contributed by atoms with Gasteiger partial charge < -0.3 is 14.6 Å². The molecule has 0 saturated heterocycles. The molecule has 1 aliphatic heterocycles. The van der Waals surface area contributed by atoms with Crippen molar-refractivity contribution in [1.29, 1.82) is 0 Å². The van der Waals surface area contributed by atoms with Crippen LogP contribution in [0.4, 0.5) is 0 Å². The maximum absolute atomic E-state index is 12.0. The first-order valence-electron chi connectivity index (χ1n) is 7.30. The van der Waals surface area contributed by atoms with Gasteiger partial charge in [0.2, 0.25) is 5.91 Å². The summed E-state index contributed by atoms with van der Waals surface area (Å²) < 4.78 is 10.5. The Labute approximate surface area is 138 Å². The van der Waals surface area contributed by atoms with Gasteiger partial charge in [-0.25, -0.2) is 4.99 Å². The molecule has 1 unspecified atom stereocenters. The Morgan fingerprint density at radius 1 is 1.38 bits per heavy atom. The van der Waals surface area contributed by atoms with Crippen LogP contribution >= 0.6 is 0 Å². The fraction of sp³-hybridized carbons (Fsp3) is 0.176. The van der Waals surface area contributed by atoms with Crippen molar-refractivity contribution >= 4 is 18.0 Å². The van der Waals surface area contributed by atoms with Crippen molar-refractivity contribution in [3.63, 3.8) is 0 Å². The third-order valence-electron chi connectivity index (χ3n) is 3.47. The van der Waals surface area contributed by atoms with Gasteiger partial charge in [-0.15, -0.1) is 0 Å². The molecule has 2 amide bonds. The average Bonchev–Trinajstić information content (AvgIpc) is 3.09. The van der Waals surface area contributed by atoms with Crippen molar-refractivity contribution in [2.45, 2.75) is 6.54 Å². The quantitative estimate of drug-likeness (QED) is 0.904. The molecule has 1 N–H and O–H groups in total. The molecule has 1 aliphatic rings. The summed E-state index contributed by atoms with van der Waals surface area (Å²) in [4.78, 5) is 26.5. The van der Waals surface area contributed by atoms with E-state index >= 15 is 0 Å². The van der Waals surface area contributed by atoms with E-state index in [9.17, 15) is 9.59 Å². The molecule has 7 nitrogen and oxygen atoms in total. The van der Waals surface area contributed by atoms with Crippen LogP contribution in [0.1, 0.15) is 5.69 Å². The molecule has 1 aromatic carbocycles. The van der Waals surface area contributed by atoms with Gasteiger partial charge in [0.15, 0.2) is 5.76 Å². The first-order chi connectivity index (χ1) is 11.7. The number of methoxy groups -OCH3 is 1. The minimum atomic E-state index is -0.549. The molecule has 1 atom stereocenters. The minimum absolute atomic E-state index is 0.221. The Hall–Kier alpha value is -3.22. The van der Waals surface area contributed by atoms with Crippen LogP contribution in [0.3, 0.4) is 0 Å². The molecule has 3 rings (SSSR count). The van der Waals surface area contributed by atoms with Gasteiger partial charge in [0.05, 0.1) is 19.6 Å². The molecule has 0 saturated carbocycles. The topological polar surface area (TPSA) is 93.8 Å². The molecule has 0 radical (unpaired) electrons. The number of aromatic nitrogens is 1. The van der Waals surface area contributed by atoms with Gasteiger partial charge >= 0.3 is 0 Å². The number of hydrogen-bond donors (Lipinski definition) is 1. The lowest BCUT2D eigenvalue weighted by Gasteiger charge is -2.09. The highest BCUT2D eigenvalue weighted by Gasteiger charge is 2.17. The SMILES string of the molecule is COc1cccc(-c2cc(CNC(=O)C3C=CC(=O)N=C3)no2)c1. The zero-order valence-electron chi connectivity index (χ0n) is 12.9. The van der Waals surface area contributed by atoms with Crippen molar-refractivity contribution in [2.24, 2.45) is 10.9 Å². The van der Waals surface area contributed by atoms with Gasteiger partial charge in [-0.2, -0.15) is 0 Å². The van der Waals surface area contributed by atoms with Gasteiger partial charge in [0.25, 0.3) is 5.91 Å². The van der Waals surface area contributed by atoms with Crippen LogP contribution in [-0.2, 0) is 16.1 Å². The van der Waals surface area contributed by atoms with Gasteiger partial charge in [0, 0.05) is 23.9 Å². The second-order valence-corrected chi connectivity index (χ2v) is 5.13. The van der Waals surface area contributed by atoms with E-state index in [1.54, 1.807) is 13.2 Å². The Morgan fingerprint density at radius 3 is 3.00 bits per heavy atom. The summed E-state index contributed by atoms with van der Waals surface area (Å²) in [5.41, 5.74) is 1.43. The fourth-order valence-electron chi connectivity index (χ4n) is 2.19. The maximum atomic E-state index is 12.0. The van der Waals surface area contributed by atoms with Crippen LogP contribution in [0.5, 0.6) is 5.75 Å². The molecule has 24 heavy (non-hydrogen) atoms. The number of carbonyl (C=O) groups is 2. The number of carbonyl (C=O) groups excluding carboxylic acids is 2. The zero-order valence-corrected chi connectivity index (χ0v) is 12.9. The minimum Gasteiger partial charge on any atom is -0.497 e. The van der Waals surface area contributed by atoms with Crippen LogP contribution in [0.25, 0.3) is 11.3 Å². The number of hydrogen-bond acceptors (Lipinski definition) is 5. The average molecular weight is 325 g/mol. The Balaban J connectivity index is 1.62. The number of nitrogens with zero attached hydrogens (tertiary/aromatic N) is 2. The highest BCUT2D eigenvalue weighted by molar-refractivity contribution is 6.05. The predicted octanol–water partition coefficient (Wildman–Crippen LogP) is 1.75. The fourth-order valence-corrected chi connectivity index (χ4v) is 2.19. The van der Waals surface area contributed by atoms with Crippen LogP contribution < -0.4 is 10.1 Å². The zero-order chi connectivity index (χ0) is 16.9. The van der Waals surface area contributed by atoms with Crippen LogP contribution in [0.15, 0.2) is 52.0 Å². The monoisotopic (exact) mass is 325 g/mol. The van der Waals surface area contributed by atoms with Crippen molar-refractivity contribution in [1.82, 2.24) is 10.5 Å². The molecule has 122 valence electrons. The lowest BCUT2D eigenvalue weighted by atomic mass is 10.1. The molecule has 1 aromatic heterocycles. The number of ether oxygens (including phenoxy) is 1. The van der Waals surface area contributed by atoms with Gasteiger partial charge in [-0.05, 0) is 12.1 Å². The first-order valence-corrected chi connectivity index (χ1v) is 7.30. The van der Waals surface area contributed by atoms with Gasteiger partial charge in [0.1, 0.15) is 11.4 Å². The number of nitrogens with one attached hydrogen (secondary N) is 1. The number of aliphatic imine (C=N–C) groups is 1. The molecule has 7 heteroatoms. The molecule has 0 fully saturated rings. The summed E-state index contributed by atoms with van der Waals surface area (Å²) in [5.74, 6) is 0.138. The number of rotatable bonds is 5. The lowest BCUT2D eigenvalue weighted by Crippen LogP contribution is -2.31. The Morgan fingerprint density at radius 2 is 2.25 bits per heavy atom. The summed E-state index contributed by atoms with van der Waals surface area (Å²) >= 11 is 0. The van der Waals surface area contributed by atoms with Crippen LogP contribution in [0.2, 0.25) is 0 Å². The molecule has 0 bridgehead atoms. The van der Waals surface area contributed by atoms with Gasteiger partial charge in [-0.3, -0.25) is 9.59 Å². The molecular weight excluding hydrogens is 310 g/mol. The molecule has 2 aromatic rings. The lowest BCUT2D eigenvalue weighted by molar-refractivity contribution is -0.122. The standard InChI is InChI=1S/C17H15N3O4/c1-23-14-4-2-3-11(7-14)15-8-13(20-24-15)10-19-17(22)12-5-6-16(21)18-9-12/h2-9,12H,10H2,1H3,(H,19,22). The predicted molar refractivity (Wildman–Crippen MR) is 86.5 cm³/mol. The highest BCUT2D eigenvalue weighted by atomic mass is 16.5. The largest absolute Gasteiger partial charge is 0.497 e. The maximum Gasteiger partial charge on any atom is 0.269 e. The molecule has 0 aliphatic carbocycles. The van der Waals surface area contributed by atoms with Crippen molar-refractivity contribution in [3.8, 4) is 17.1 Å². The van der Waals surface area contributed by atoms with Crippen molar-refractivity contribution in [2.75, 3.05) is 7.11 Å². The summed E-state index contributed by atoms with van der Waals surface area (Å²) in [7, 11) is 1.59. The summed E-state index contributed by atoms with van der Waals surface area (Å²) in [6, 6.07) is 9.16. The Bertz CT molecular complexity index is 807. The van der Waals surface area contributed by atoms with Crippen molar-refractivity contribution < 1.29 is 18.8 Å². The van der Waals surface area contributed by atoms with Crippen molar-refractivity contribution in [3.05, 3.63) is 48.2 Å². The number of benzene rings is 1. The normalized spacial score (nSPS) is 16.2. The van der Waals surface area contributed by atoms with E-state index in [0.29, 0.717) is 11.5 Å². The van der Waals surface area contributed by atoms with E-state index in [4.69, 9.17) is 9.26 Å². The molecule has 2 heterocycles. The van der Waals surface area contributed by atoms with E-state index in [1.807, 2.05) is 24.3 Å². The molecule has 0 spiro atoms. The van der Waals surface area contributed by atoms with E-state index in [2.05, 4.69) is 15.5 Å². The molecular formula is C17H15N3O4. The summed E-state index contributed by atoms with van der Waals surface area (Å²) in [6.45, 7) is 0.221. The first kappa shape index (κ1) is 15.7. The van der Waals surface area contributed by atoms with E-state index < -0.39 is 5.92 Å². The van der Waals surface area contributed by atoms with Gasteiger partial charge in [-0.1, -0.05) is 23.4 Å². The second kappa shape index (κ2) is 6.91. The third-order valence-corrected chi connectivity index (χ3v) is 3.47. The van der Waals surface area contributed by atoms with E-state index in [1.165, 1.54) is 18.4 Å². The smallest absolute Gasteiger partial charge is 0.269 e. The van der Waals surface area contributed by atoms with E-state index in [-0.39, 0.29) is 18.4 Å². The van der Waals surface area contributed by atoms with E-state index in [0.717, 1.165) is 11.3 Å². The van der Waals surface area contributed by atoms with Crippen LogP contribution in [-0.4, -0.2) is 30.3 Å². The Kier molecular flexibility index (Phi) is 4.51. The third kappa shape index (κ3) is 3.57. The number of amides is 2. The highest BCUT2D eigenvalue weighted by Crippen LogP contribution is 2.24. The summed E-state index contributed by atoms with van der Waals surface area (Å²) in [5, 5.41) is 6.67. The summed E-state index contributed by atoms with van der Waals surface area (Å²) in [6.07, 6.45) is 4.11.